The summed E-state index contributed by atoms with van der Waals surface area (Å²) in [5.74, 6) is 0.343. The Morgan fingerprint density at radius 3 is 2.65 bits per heavy atom. The molecule has 0 radical (unpaired) electrons. The zero-order valence-corrected chi connectivity index (χ0v) is 12.4. The molecule has 108 valence electrons. The van der Waals surface area contributed by atoms with Crippen LogP contribution in [0.2, 0.25) is 0 Å². The van der Waals surface area contributed by atoms with E-state index in [9.17, 15) is 4.79 Å². The summed E-state index contributed by atoms with van der Waals surface area (Å²) in [5.41, 5.74) is 2.49. The molecule has 1 aliphatic carbocycles. The summed E-state index contributed by atoms with van der Waals surface area (Å²) < 4.78 is 0. The van der Waals surface area contributed by atoms with Gasteiger partial charge in [0.05, 0.1) is 0 Å². The highest BCUT2D eigenvalue weighted by molar-refractivity contribution is 5.79. The largest absolute Gasteiger partial charge is 0.352 e. The van der Waals surface area contributed by atoms with Gasteiger partial charge in [-0.05, 0) is 44.5 Å². The van der Waals surface area contributed by atoms with Crippen molar-refractivity contribution in [1.29, 1.82) is 0 Å². The molecular formula is C17H24N2O. The second-order valence-corrected chi connectivity index (χ2v) is 5.71. The van der Waals surface area contributed by atoms with Gasteiger partial charge in [0.25, 0.3) is 0 Å². The summed E-state index contributed by atoms with van der Waals surface area (Å²) >= 11 is 0. The molecule has 0 saturated carbocycles. The Hall–Kier alpha value is -1.61. The zero-order valence-electron chi connectivity index (χ0n) is 12.4. The normalized spacial score (nSPS) is 18.2. The van der Waals surface area contributed by atoms with E-state index in [-0.39, 0.29) is 11.8 Å². The van der Waals surface area contributed by atoms with Crippen LogP contribution in [0.5, 0.6) is 0 Å². The van der Waals surface area contributed by atoms with E-state index >= 15 is 0 Å². The molecule has 0 unspecified atom stereocenters. The second kappa shape index (κ2) is 7.25. The van der Waals surface area contributed by atoms with Crippen molar-refractivity contribution in [3.8, 4) is 0 Å². The third kappa shape index (κ3) is 4.20. The van der Waals surface area contributed by atoms with Gasteiger partial charge in [-0.1, -0.05) is 36.4 Å². The first kappa shape index (κ1) is 14.8. The predicted octanol–water partition coefficient (Wildman–Crippen LogP) is 2.72. The van der Waals surface area contributed by atoms with Gasteiger partial charge in [-0.2, -0.15) is 0 Å². The number of carbonyl (C=O) groups excluding carboxylic acids is 1. The predicted molar refractivity (Wildman–Crippen MR) is 82.2 cm³/mol. The van der Waals surface area contributed by atoms with E-state index in [0.29, 0.717) is 6.54 Å². The Morgan fingerprint density at radius 2 is 2.00 bits per heavy atom. The molecule has 0 aliphatic heterocycles. The topological polar surface area (TPSA) is 32.3 Å². The Kier molecular flexibility index (Phi) is 5.36. The number of benzene rings is 1. The Morgan fingerprint density at radius 1 is 1.25 bits per heavy atom. The third-order valence-corrected chi connectivity index (χ3v) is 3.70. The molecule has 0 spiro atoms. The number of hydrogen-bond acceptors (Lipinski definition) is 2. The van der Waals surface area contributed by atoms with E-state index in [1.165, 1.54) is 11.1 Å². The van der Waals surface area contributed by atoms with Crippen molar-refractivity contribution in [2.45, 2.75) is 32.4 Å². The van der Waals surface area contributed by atoms with Crippen molar-refractivity contribution in [1.82, 2.24) is 10.2 Å². The van der Waals surface area contributed by atoms with Gasteiger partial charge in [-0.3, -0.25) is 4.79 Å². The molecule has 0 aromatic heterocycles. The van der Waals surface area contributed by atoms with Crippen LogP contribution in [-0.4, -0.2) is 24.9 Å². The van der Waals surface area contributed by atoms with Crippen LogP contribution in [0.4, 0.5) is 0 Å². The molecule has 0 bridgehead atoms. The zero-order chi connectivity index (χ0) is 14.4. The molecule has 1 amide bonds. The standard InChI is InChI=1S/C17H24N2O/c1-19(2)13-16-11-7-6-10-15(16)12-18-17(20)14-8-4-3-5-9-14/h3-4,6-7,10-11,14H,5,8-9,12-13H2,1-2H3,(H,18,20)/t14-/m0/s1. The smallest absolute Gasteiger partial charge is 0.223 e. The lowest BCUT2D eigenvalue weighted by Crippen LogP contribution is -2.31. The van der Waals surface area contributed by atoms with Gasteiger partial charge in [0, 0.05) is 19.0 Å². The summed E-state index contributed by atoms with van der Waals surface area (Å²) in [4.78, 5) is 14.3. The Labute approximate surface area is 121 Å². The Bertz CT molecular complexity index is 480. The first-order valence-corrected chi connectivity index (χ1v) is 7.31. The first-order chi connectivity index (χ1) is 9.66. The van der Waals surface area contributed by atoms with E-state index in [1.54, 1.807) is 0 Å². The monoisotopic (exact) mass is 272 g/mol. The number of amides is 1. The average Bonchev–Trinajstić information content (AvgIpc) is 2.46. The van der Waals surface area contributed by atoms with Crippen LogP contribution in [0.15, 0.2) is 36.4 Å². The number of nitrogens with one attached hydrogen (secondary N) is 1. The first-order valence-electron chi connectivity index (χ1n) is 7.31. The van der Waals surface area contributed by atoms with Crippen LogP contribution in [0.25, 0.3) is 0 Å². The molecule has 1 aliphatic rings. The minimum Gasteiger partial charge on any atom is -0.352 e. The summed E-state index contributed by atoms with van der Waals surface area (Å²) in [5, 5.41) is 3.09. The van der Waals surface area contributed by atoms with Gasteiger partial charge >= 0.3 is 0 Å². The van der Waals surface area contributed by atoms with Crippen LogP contribution < -0.4 is 5.32 Å². The molecule has 1 aromatic carbocycles. The molecule has 0 fully saturated rings. The minimum absolute atomic E-state index is 0.154. The van der Waals surface area contributed by atoms with E-state index in [2.05, 4.69) is 54.7 Å². The molecule has 20 heavy (non-hydrogen) atoms. The second-order valence-electron chi connectivity index (χ2n) is 5.71. The molecule has 3 nitrogen and oxygen atoms in total. The van der Waals surface area contributed by atoms with Crippen LogP contribution >= 0.6 is 0 Å². The summed E-state index contributed by atoms with van der Waals surface area (Å²) in [7, 11) is 4.12. The van der Waals surface area contributed by atoms with Crippen LogP contribution in [0.1, 0.15) is 30.4 Å². The maximum Gasteiger partial charge on any atom is 0.223 e. The van der Waals surface area contributed by atoms with Crippen molar-refractivity contribution in [2.75, 3.05) is 14.1 Å². The van der Waals surface area contributed by atoms with E-state index in [0.717, 1.165) is 25.8 Å². The third-order valence-electron chi connectivity index (χ3n) is 3.70. The summed E-state index contributed by atoms with van der Waals surface area (Å²) in [6, 6.07) is 8.31. The van der Waals surface area contributed by atoms with Crippen molar-refractivity contribution < 1.29 is 4.79 Å². The highest BCUT2D eigenvalue weighted by Gasteiger charge is 2.18. The number of hydrogen-bond donors (Lipinski definition) is 1. The number of allylic oxidation sites excluding steroid dienone is 2. The van der Waals surface area contributed by atoms with E-state index < -0.39 is 0 Å². The molecule has 1 atom stereocenters. The molecule has 1 aromatic rings. The lowest BCUT2D eigenvalue weighted by atomic mass is 9.93. The SMILES string of the molecule is CN(C)Cc1ccccc1CNC(=O)[C@H]1CC=CCC1. The molecule has 0 saturated heterocycles. The highest BCUT2D eigenvalue weighted by atomic mass is 16.1. The van der Waals surface area contributed by atoms with Gasteiger partial charge in [0.1, 0.15) is 0 Å². The van der Waals surface area contributed by atoms with Crippen molar-refractivity contribution in [2.24, 2.45) is 5.92 Å². The van der Waals surface area contributed by atoms with Crippen molar-refractivity contribution >= 4 is 5.91 Å². The number of carbonyl (C=O) groups is 1. The quantitative estimate of drug-likeness (QED) is 0.836. The summed E-state index contributed by atoms with van der Waals surface area (Å²) in [6.07, 6.45) is 7.16. The fourth-order valence-electron chi connectivity index (χ4n) is 2.58. The van der Waals surface area contributed by atoms with Gasteiger partial charge in [0.15, 0.2) is 0 Å². The van der Waals surface area contributed by atoms with Crippen LogP contribution in [0.3, 0.4) is 0 Å². The maximum absolute atomic E-state index is 12.1. The fourth-order valence-corrected chi connectivity index (χ4v) is 2.58. The molecular weight excluding hydrogens is 248 g/mol. The Balaban J connectivity index is 1.93. The van der Waals surface area contributed by atoms with Gasteiger partial charge in [0.2, 0.25) is 5.91 Å². The molecule has 2 rings (SSSR count). The lowest BCUT2D eigenvalue weighted by molar-refractivity contribution is -0.125. The fraction of sp³-hybridized carbons (Fsp3) is 0.471. The lowest BCUT2D eigenvalue weighted by Gasteiger charge is -2.19. The molecule has 1 N–H and O–H groups in total. The summed E-state index contributed by atoms with van der Waals surface area (Å²) in [6.45, 7) is 1.53. The number of nitrogens with zero attached hydrogens (tertiary/aromatic N) is 1. The molecule has 3 heteroatoms. The van der Waals surface area contributed by atoms with E-state index in [1.807, 2.05) is 6.07 Å². The minimum atomic E-state index is 0.154. The molecule has 0 heterocycles. The van der Waals surface area contributed by atoms with Crippen LogP contribution in [0, 0.1) is 5.92 Å². The van der Waals surface area contributed by atoms with E-state index in [4.69, 9.17) is 0 Å². The van der Waals surface area contributed by atoms with Crippen molar-refractivity contribution in [3.63, 3.8) is 0 Å². The maximum atomic E-state index is 12.1. The van der Waals surface area contributed by atoms with Gasteiger partial charge in [-0.15, -0.1) is 0 Å². The van der Waals surface area contributed by atoms with Crippen LogP contribution in [-0.2, 0) is 17.9 Å². The van der Waals surface area contributed by atoms with Gasteiger partial charge < -0.3 is 10.2 Å². The number of rotatable bonds is 5. The van der Waals surface area contributed by atoms with Crippen molar-refractivity contribution in [3.05, 3.63) is 47.5 Å². The average molecular weight is 272 g/mol. The highest BCUT2D eigenvalue weighted by Crippen LogP contribution is 2.18. The van der Waals surface area contributed by atoms with Gasteiger partial charge in [-0.25, -0.2) is 0 Å².